The predicted molar refractivity (Wildman–Crippen MR) is 105 cm³/mol. The van der Waals surface area contributed by atoms with Crippen LogP contribution in [0.25, 0.3) is 0 Å². The molecule has 3 rings (SSSR count). The highest BCUT2D eigenvalue weighted by Crippen LogP contribution is 2.35. The van der Waals surface area contributed by atoms with Gasteiger partial charge < -0.3 is 15.0 Å². The van der Waals surface area contributed by atoms with Crippen LogP contribution in [0.2, 0.25) is 0 Å². The minimum Gasteiger partial charge on any atom is -0.383 e. The van der Waals surface area contributed by atoms with Crippen LogP contribution in [-0.4, -0.2) is 50.1 Å². The summed E-state index contributed by atoms with van der Waals surface area (Å²) in [5, 5.41) is 2.94. The molecule has 0 radical (unpaired) electrons. The van der Waals surface area contributed by atoms with E-state index in [9.17, 15) is 9.59 Å². The van der Waals surface area contributed by atoms with E-state index in [0.29, 0.717) is 31.8 Å². The number of rotatable bonds is 6. The maximum atomic E-state index is 12.9. The molecular weight excluding hydrogens is 340 g/mol. The number of methoxy groups -OCH3 is 1. The monoisotopic (exact) mass is 366 g/mol. The van der Waals surface area contributed by atoms with E-state index in [1.165, 1.54) is 0 Å². The Balaban J connectivity index is 1.83. The van der Waals surface area contributed by atoms with Crippen LogP contribution in [-0.2, 0) is 9.53 Å². The standard InChI is InChI=1S/C22H26N2O3/c1-16-8-6-7-11-18(16)19-14-24(22(26)17-9-4-3-5-10-17)15-20(19)21(25)23-12-13-27-2/h3-11,19-20H,12-15H2,1-2H3,(H,23,25)/t19-,20-/m0/s1. The smallest absolute Gasteiger partial charge is 0.253 e. The average Bonchev–Trinajstić information content (AvgIpc) is 3.14. The first kappa shape index (κ1) is 19.1. The Labute approximate surface area is 160 Å². The maximum absolute atomic E-state index is 12.9. The molecule has 5 heteroatoms. The van der Waals surface area contributed by atoms with Crippen LogP contribution in [0.15, 0.2) is 54.6 Å². The van der Waals surface area contributed by atoms with Crippen molar-refractivity contribution in [1.82, 2.24) is 10.2 Å². The molecule has 0 bridgehead atoms. The Morgan fingerprint density at radius 2 is 1.78 bits per heavy atom. The van der Waals surface area contributed by atoms with E-state index in [-0.39, 0.29) is 23.7 Å². The van der Waals surface area contributed by atoms with Gasteiger partial charge in [0.25, 0.3) is 5.91 Å². The molecule has 0 aromatic heterocycles. The molecule has 1 heterocycles. The Kier molecular flexibility index (Phi) is 6.24. The van der Waals surface area contributed by atoms with Crippen LogP contribution < -0.4 is 5.32 Å². The van der Waals surface area contributed by atoms with Crippen molar-refractivity contribution < 1.29 is 14.3 Å². The first-order chi connectivity index (χ1) is 13.1. The summed E-state index contributed by atoms with van der Waals surface area (Å²) < 4.78 is 5.02. The van der Waals surface area contributed by atoms with Gasteiger partial charge in [-0.3, -0.25) is 9.59 Å². The molecule has 27 heavy (non-hydrogen) atoms. The second-order valence-electron chi connectivity index (χ2n) is 6.93. The van der Waals surface area contributed by atoms with Crippen molar-refractivity contribution >= 4 is 11.8 Å². The zero-order valence-corrected chi connectivity index (χ0v) is 15.9. The van der Waals surface area contributed by atoms with Crippen molar-refractivity contribution in [2.45, 2.75) is 12.8 Å². The largest absolute Gasteiger partial charge is 0.383 e. The van der Waals surface area contributed by atoms with Crippen molar-refractivity contribution in [2.24, 2.45) is 5.92 Å². The number of nitrogens with zero attached hydrogens (tertiary/aromatic N) is 1. The Morgan fingerprint density at radius 3 is 2.48 bits per heavy atom. The van der Waals surface area contributed by atoms with E-state index in [1.54, 1.807) is 12.0 Å². The fraction of sp³-hybridized carbons (Fsp3) is 0.364. The molecule has 0 unspecified atom stereocenters. The van der Waals surface area contributed by atoms with Gasteiger partial charge in [-0.2, -0.15) is 0 Å². The Morgan fingerprint density at radius 1 is 1.07 bits per heavy atom. The average molecular weight is 366 g/mol. The molecule has 1 aliphatic heterocycles. The van der Waals surface area contributed by atoms with Crippen LogP contribution in [0.4, 0.5) is 0 Å². The Hall–Kier alpha value is -2.66. The van der Waals surface area contributed by atoms with Gasteiger partial charge in [0.2, 0.25) is 5.91 Å². The van der Waals surface area contributed by atoms with Gasteiger partial charge in [0.15, 0.2) is 0 Å². The van der Waals surface area contributed by atoms with E-state index in [0.717, 1.165) is 11.1 Å². The number of benzene rings is 2. The summed E-state index contributed by atoms with van der Waals surface area (Å²) >= 11 is 0. The zero-order chi connectivity index (χ0) is 19.2. The summed E-state index contributed by atoms with van der Waals surface area (Å²) in [4.78, 5) is 27.5. The number of hydrogen-bond donors (Lipinski definition) is 1. The van der Waals surface area contributed by atoms with Crippen LogP contribution in [0, 0.1) is 12.8 Å². The number of aryl methyl sites for hydroxylation is 1. The molecule has 5 nitrogen and oxygen atoms in total. The highest BCUT2D eigenvalue weighted by molar-refractivity contribution is 5.95. The number of carbonyl (C=O) groups is 2. The SMILES string of the molecule is COCCNC(=O)[C@H]1CN(C(=O)c2ccccc2)C[C@H]1c1ccccc1C. The summed E-state index contributed by atoms with van der Waals surface area (Å²) in [6, 6.07) is 17.3. The second kappa shape index (κ2) is 8.82. The van der Waals surface area contributed by atoms with E-state index >= 15 is 0 Å². The van der Waals surface area contributed by atoms with Crippen LogP contribution in [0.1, 0.15) is 27.4 Å². The summed E-state index contributed by atoms with van der Waals surface area (Å²) in [6.45, 7) is 3.96. The summed E-state index contributed by atoms with van der Waals surface area (Å²) in [6.07, 6.45) is 0. The molecule has 2 aromatic rings. The fourth-order valence-corrected chi connectivity index (χ4v) is 3.72. The van der Waals surface area contributed by atoms with E-state index in [1.807, 2.05) is 42.5 Å². The van der Waals surface area contributed by atoms with Crippen molar-refractivity contribution in [1.29, 1.82) is 0 Å². The van der Waals surface area contributed by atoms with Gasteiger partial charge in [0.05, 0.1) is 12.5 Å². The summed E-state index contributed by atoms with van der Waals surface area (Å²) in [5.74, 6) is -0.331. The number of amides is 2. The Bertz CT molecular complexity index is 791. The molecule has 1 aliphatic rings. The number of carbonyl (C=O) groups excluding carboxylic acids is 2. The first-order valence-corrected chi connectivity index (χ1v) is 9.28. The minimum atomic E-state index is -0.268. The minimum absolute atomic E-state index is 0.0126. The second-order valence-corrected chi connectivity index (χ2v) is 6.93. The first-order valence-electron chi connectivity index (χ1n) is 9.28. The van der Waals surface area contributed by atoms with E-state index in [4.69, 9.17) is 4.74 Å². The number of ether oxygens (including phenoxy) is 1. The number of nitrogens with one attached hydrogen (secondary N) is 1. The number of likely N-dealkylation sites (tertiary alicyclic amines) is 1. The van der Waals surface area contributed by atoms with Gasteiger partial charge >= 0.3 is 0 Å². The molecule has 1 N–H and O–H groups in total. The topological polar surface area (TPSA) is 58.6 Å². The van der Waals surface area contributed by atoms with Gasteiger partial charge in [0.1, 0.15) is 0 Å². The lowest BCUT2D eigenvalue weighted by atomic mass is 9.86. The molecule has 0 saturated carbocycles. The van der Waals surface area contributed by atoms with Gasteiger partial charge in [-0.25, -0.2) is 0 Å². The number of hydrogen-bond acceptors (Lipinski definition) is 3. The third-order valence-corrected chi connectivity index (χ3v) is 5.16. The molecule has 1 saturated heterocycles. The van der Waals surface area contributed by atoms with Crippen molar-refractivity contribution in [3.05, 3.63) is 71.3 Å². The quantitative estimate of drug-likeness (QED) is 0.800. The van der Waals surface area contributed by atoms with Crippen LogP contribution in [0.3, 0.4) is 0 Å². The third-order valence-electron chi connectivity index (χ3n) is 5.16. The molecule has 2 aromatic carbocycles. The molecule has 2 atom stereocenters. The summed E-state index contributed by atoms with van der Waals surface area (Å²) in [7, 11) is 1.61. The fourth-order valence-electron chi connectivity index (χ4n) is 3.72. The van der Waals surface area contributed by atoms with E-state index in [2.05, 4.69) is 24.4 Å². The molecule has 0 spiro atoms. The highest BCUT2D eigenvalue weighted by Gasteiger charge is 2.40. The highest BCUT2D eigenvalue weighted by atomic mass is 16.5. The molecular formula is C22H26N2O3. The van der Waals surface area contributed by atoms with Crippen molar-refractivity contribution in [3.8, 4) is 0 Å². The predicted octanol–water partition coefficient (Wildman–Crippen LogP) is 2.61. The maximum Gasteiger partial charge on any atom is 0.253 e. The molecule has 1 fully saturated rings. The van der Waals surface area contributed by atoms with Crippen molar-refractivity contribution in [3.63, 3.8) is 0 Å². The van der Waals surface area contributed by atoms with Gasteiger partial charge in [-0.1, -0.05) is 42.5 Å². The van der Waals surface area contributed by atoms with Gasteiger partial charge in [-0.15, -0.1) is 0 Å². The van der Waals surface area contributed by atoms with E-state index < -0.39 is 0 Å². The third kappa shape index (κ3) is 4.37. The lowest BCUT2D eigenvalue weighted by molar-refractivity contribution is -0.125. The lowest BCUT2D eigenvalue weighted by Crippen LogP contribution is -2.37. The van der Waals surface area contributed by atoms with Crippen LogP contribution >= 0.6 is 0 Å². The lowest BCUT2D eigenvalue weighted by Gasteiger charge is -2.19. The van der Waals surface area contributed by atoms with Crippen molar-refractivity contribution in [2.75, 3.05) is 33.4 Å². The molecule has 142 valence electrons. The van der Waals surface area contributed by atoms with Gasteiger partial charge in [-0.05, 0) is 30.2 Å². The molecule has 2 amide bonds. The normalized spacial score (nSPS) is 19.1. The molecule has 0 aliphatic carbocycles. The zero-order valence-electron chi connectivity index (χ0n) is 15.9. The van der Waals surface area contributed by atoms with Gasteiger partial charge in [0, 0.05) is 38.2 Å². The van der Waals surface area contributed by atoms with Crippen LogP contribution in [0.5, 0.6) is 0 Å². The summed E-state index contributed by atoms with van der Waals surface area (Å²) in [5.41, 5.74) is 2.93.